The van der Waals surface area contributed by atoms with Gasteiger partial charge in [0.25, 0.3) is 0 Å². The van der Waals surface area contributed by atoms with Crippen LogP contribution in [0.1, 0.15) is 90.9 Å². The molecule has 0 aromatic heterocycles. The Morgan fingerprint density at radius 3 is 1.57 bits per heavy atom. The van der Waals surface area contributed by atoms with Gasteiger partial charge in [0, 0.05) is 26.2 Å². The highest BCUT2D eigenvalue weighted by Gasteiger charge is 2.04. The fourth-order valence-corrected chi connectivity index (χ4v) is 3.03. The zero-order valence-electron chi connectivity index (χ0n) is 16.3. The van der Waals surface area contributed by atoms with Crippen LogP contribution >= 0.6 is 0 Å². The number of nitrogens with zero attached hydrogens (tertiary/aromatic N) is 1. The fourth-order valence-electron chi connectivity index (χ4n) is 3.03. The monoisotopic (exact) mass is 327 g/mol. The summed E-state index contributed by atoms with van der Waals surface area (Å²) in [6.07, 6.45) is 16.7. The summed E-state index contributed by atoms with van der Waals surface area (Å²) in [6.45, 7) is 11.1. The maximum absolute atomic E-state index is 5.55. The summed E-state index contributed by atoms with van der Waals surface area (Å²) >= 11 is 0. The molecule has 0 aliphatic carbocycles. The summed E-state index contributed by atoms with van der Waals surface area (Å²) in [4.78, 5) is 2.67. The maximum Gasteiger partial charge on any atom is 0.0107 e. The Morgan fingerprint density at radius 1 is 0.609 bits per heavy atom. The maximum atomic E-state index is 5.55. The summed E-state index contributed by atoms with van der Waals surface area (Å²) in [5, 5.41) is 3.44. The summed E-state index contributed by atoms with van der Waals surface area (Å²) in [5.74, 6) is 0. The molecule has 0 aliphatic rings. The van der Waals surface area contributed by atoms with Gasteiger partial charge in [0.1, 0.15) is 0 Å². The molecule has 3 heteroatoms. The Hall–Kier alpha value is -0.120. The van der Waals surface area contributed by atoms with Gasteiger partial charge in [0.15, 0.2) is 0 Å². The van der Waals surface area contributed by atoms with E-state index in [0.717, 1.165) is 19.6 Å². The van der Waals surface area contributed by atoms with Gasteiger partial charge in [-0.15, -0.1) is 0 Å². The van der Waals surface area contributed by atoms with Crippen molar-refractivity contribution >= 4 is 0 Å². The molecular weight excluding hydrogens is 282 g/mol. The Morgan fingerprint density at radius 2 is 1.09 bits per heavy atom. The molecule has 0 saturated carbocycles. The van der Waals surface area contributed by atoms with E-state index in [-0.39, 0.29) is 0 Å². The lowest BCUT2D eigenvalue weighted by molar-refractivity contribution is 0.260. The molecule has 0 radical (unpaired) electrons. The minimum atomic E-state index is 0.745. The third kappa shape index (κ3) is 18.1. The van der Waals surface area contributed by atoms with Crippen molar-refractivity contribution in [3.05, 3.63) is 0 Å². The SMILES string of the molecule is CCCCCCCCN(CCCCCCCC)CCNCCN. The fraction of sp³-hybridized carbons (Fsp3) is 1.00. The van der Waals surface area contributed by atoms with Crippen LogP contribution < -0.4 is 11.1 Å². The van der Waals surface area contributed by atoms with Crippen LogP contribution in [-0.2, 0) is 0 Å². The van der Waals surface area contributed by atoms with Crippen LogP contribution in [0.5, 0.6) is 0 Å². The minimum Gasteiger partial charge on any atom is -0.329 e. The number of nitrogens with one attached hydrogen (secondary N) is 1. The normalized spacial score (nSPS) is 11.5. The molecule has 0 amide bonds. The average Bonchev–Trinajstić information content (AvgIpc) is 2.57. The van der Waals surface area contributed by atoms with Crippen LogP contribution in [0.15, 0.2) is 0 Å². The van der Waals surface area contributed by atoms with Crippen molar-refractivity contribution < 1.29 is 0 Å². The predicted octanol–water partition coefficient (Wildman–Crippen LogP) is 4.56. The molecule has 0 aromatic carbocycles. The summed E-state index contributed by atoms with van der Waals surface area (Å²) < 4.78 is 0. The van der Waals surface area contributed by atoms with E-state index in [1.165, 1.54) is 96.7 Å². The number of unbranched alkanes of at least 4 members (excludes halogenated alkanes) is 10. The van der Waals surface area contributed by atoms with Gasteiger partial charge in [-0.3, -0.25) is 0 Å². The first-order valence-corrected chi connectivity index (χ1v) is 10.5. The van der Waals surface area contributed by atoms with E-state index in [9.17, 15) is 0 Å². The van der Waals surface area contributed by atoms with Crippen molar-refractivity contribution in [3.8, 4) is 0 Å². The lowest BCUT2D eigenvalue weighted by Gasteiger charge is -2.22. The van der Waals surface area contributed by atoms with Gasteiger partial charge in [-0.2, -0.15) is 0 Å². The van der Waals surface area contributed by atoms with Gasteiger partial charge >= 0.3 is 0 Å². The molecular formula is C20H45N3. The van der Waals surface area contributed by atoms with Crippen molar-refractivity contribution in [1.29, 1.82) is 0 Å². The molecule has 0 atom stereocenters. The van der Waals surface area contributed by atoms with Crippen molar-refractivity contribution in [2.24, 2.45) is 5.73 Å². The van der Waals surface area contributed by atoms with Crippen LogP contribution in [0.3, 0.4) is 0 Å². The summed E-state index contributed by atoms with van der Waals surface area (Å²) in [5.41, 5.74) is 5.55. The summed E-state index contributed by atoms with van der Waals surface area (Å²) in [7, 11) is 0. The Labute approximate surface area is 146 Å². The van der Waals surface area contributed by atoms with Gasteiger partial charge in [-0.25, -0.2) is 0 Å². The van der Waals surface area contributed by atoms with E-state index >= 15 is 0 Å². The summed E-state index contributed by atoms with van der Waals surface area (Å²) in [6, 6.07) is 0. The van der Waals surface area contributed by atoms with Crippen molar-refractivity contribution in [2.75, 3.05) is 39.3 Å². The van der Waals surface area contributed by atoms with Gasteiger partial charge in [0.05, 0.1) is 0 Å². The number of hydrogen-bond acceptors (Lipinski definition) is 3. The largest absolute Gasteiger partial charge is 0.329 e. The molecule has 0 fully saturated rings. The quantitative estimate of drug-likeness (QED) is 0.342. The third-order valence-corrected chi connectivity index (χ3v) is 4.58. The number of nitrogens with two attached hydrogens (primary N) is 1. The molecule has 0 bridgehead atoms. The van der Waals surface area contributed by atoms with E-state index in [1.807, 2.05) is 0 Å². The molecule has 0 unspecified atom stereocenters. The van der Waals surface area contributed by atoms with E-state index in [1.54, 1.807) is 0 Å². The van der Waals surface area contributed by atoms with E-state index < -0.39 is 0 Å². The lowest BCUT2D eigenvalue weighted by Crippen LogP contribution is -2.35. The molecule has 0 aromatic rings. The first-order valence-electron chi connectivity index (χ1n) is 10.5. The molecule has 23 heavy (non-hydrogen) atoms. The van der Waals surface area contributed by atoms with Gasteiger partial charge in [0.2, 0.25) is 0 Å². The first kappa shape index (κ1) is 22.9. The van der Waals surface area contributed by atoms with Gasteiger partial charge in [-0.1, -0.05) is 78.1 Å². The Bertz CT molecular complexity index is 193. The first-order chi connectivity index (χ1) is 11.3. The molecule has 3 N–H and O–H groups in total. The van der Waals surface area contributed by atoms with Crippen LogP contribution in [-0.4, -0.2) is 44.2 Å². The van der Waals surface area contributed by atoms with Crippen molar-refractivity contribution in [3.63, 3.8) is 0 Å². The van der Waals surface area contributed by atoms with Crippen molar-refractivity contribution in [2.45, 2.75) is 90.9 Å². The standard InChI is InChI=1S/C20H45N3/c1-3-5-7-9-11-13-18-23(20-17-22-16-15-21)19-14-12-10-8-6-4-2/h22H,3-21H2,1-2H3. The molecule has 0 saturated heterocycles. The molecule has 140 valence electrons. The zero-order chi connectivity index (χ0) is 17.0. The number of hydrogen-bond donors (Lipinski definition) is 2. The third-order valence-electron chi connectivity index (χ3n) is 4.58. The highest BCUT2D eigenvalue weighted by atomic mass is 15.1. The smallest absolute Gasteiger partial charge is 0.0107 e. The Kier molecular flexibility index (Phi) is 19.8. The van der Waals surface area contributed by atoms with Crippen LogP contribution in [0.4, 0.5) is 0 Å². The minimum absolute atomic E-state index is 0.745. The van der Waals surface area contributed by atoms with E-state index in [2.05, 4.69) is 24.1 Å². The van der Waals surface area contributed by atoms with Crippen molar-refractivity contribution in [1.82, 2.24) is 10.2 Å². The topological polar surface area (TPSA) is 41.3 Å². The molecule has 0 aliphatic heterocycles. The second-order valence-electron chi connectivity index (χ2n) is 6.92. The molecule has 0 spiro atoms. The van der Waals surface area contributed by atoms with Crippen LogP contribution in [0.2, 0.25) is 0 Å². The van der Waals surface area contributed by atoms with Gasteiger partial charge in [-0.05, 0) is 25.9 Å². The molecule has 3 nitrogen and oxygen atoms in total. The lowest BCUT2D eigenvalue weighted by atomic mass is 10.1. The van der Waals surface area contributed by atoms with Gasteiger partial charge < -0.3 is 16.0 Å². The van der Waals surface area contributed by atoms with Crippen LogP contribution in [0.25, 0.3) is 0 Å². The second-order valence-corrected chi connectivity index (χ2v) is 6.92. The molecule has 0 heterocycles. The highest BCUT2D eigenvalue weighted by Crippen LogP contribution is 2.08. The van der Waals surface area contributed by atoms with E-state index in [0.29, 0.717) is 0 Å². The average molecular weight is 328 g/mol. The van der Waals surface area contributed by atoms with E-state index in [4.69, 9.17) is 5.73 Å². The number of rotatable bonds is 19. The highest BCUT2D eigenvalue weighted by molar-refractivity contribution is 4.61. The zero-order valence-corrected chi connectivity index (χ0v) is 16.3. The Balaban J connectivity index is 3.70. The predicted molar refractivity (Wildman–Crippen MR) is 105 cm³/mol. The second kappa shape index (κ2) is 19.9. The molecule has 0 rings (SSSR count). The van der Waals surface area contributed by atoms with Crippen LogP contribution in [0, 0.1) is 0 Å².